The van der Waals surface area contributed by atoms with Gasteiger partial charge in [-0.05, 0) is 43.4 Å². The third-order valence-corrected chi connectivity index (χ3v) is 3.89. The standard InChI is InChI=1S/C14H20ClN/c1-10-7-8-14(12(15)9-10)16-13-6-4-3-5-11(13)2/h7-9,11,13,16H,3-6H2,1-2H3. The van der Waals surface area contributed by atoms with Crippen LogP contribution in [0.25, 0.3) is 0 Å². The molecule has 1 nitrogen and oxygen atoms in total. The van der Waals surface area contributed by atoms with E-state index in [1.54, 1.807) is 0 Å². The third kappa shape index (κ3) is 2.70. The van der Waals surface area contributed by atoms with Crippen LogP contribution >= 0.6 is 11.6 Å². The molecule has 2 rings (SSSR count). The highest BCUT2D eigenvalue weighted by atomic mass is 35.5. The van der Waals surface area contributed by atoms with Crippen LogP contribution in [0.5, 0.6) is 0 Å². The van der Waals surface area contributed by atoms with Crippen LogP contribution in [0.15, 0.2) is 18.2 Å². The summed E-state index contributed by atoms with van der Waals surface area (Å²) in [5.41, 5.74) is 2.30. The molecule has 0 saturated heterocycles. The van der Waals surface area contributed by atoms with Gasteiger partial charge in [-0.25, -0.2) is 0 Å². The maximum Gasteiger partial charge on any atom is 0.0640 e. The number of benzene rings is 1. The predicted molar refractivity (Wildman–Crippen MR) is 71.2 cm³/mol. The van der Waals surface area contributed by atoms with Crippen molar-refractivity contribution in [3.05, 3.63) is 28.8 Å². The number of hydrogen-bond acceptors (Lipinski definition) is 1. The quantitative estimate of drug-likeness (QED) is 0.790. The number of rotatable bonds is 2. The predicted octanol–water partition coefficient (Wildman–Crippen LogP) is 4.64. The largest absolute Gasteiger partial charge is 0.381 e. The van der Waals surface area contributed by atoms with E-state index in [1.165, 1.54) is 31.2 Å². The Kier molecular flexibility index (Phi) is 3.75. The zero-order chi connectivity index (χ0) is 11.5. The summed E-state index contributed by atoms with van der Waals surface area (Å²) in [5.74, 6) is 0.756. The molecular weight excluding hydrogens is 218 g/mol. The fraction of sp³-hybridized carbons (Fsp3) is 0.571. The number of aryl methyl sites for hydroxylation is 1. The molecule has 0 bridgehead atoms. The second kappa shape index (κ2) is 5.09. The highest BCUT2D eigenvalue weighted by molar-refractivity contribution is 6.33. The summed E-state index contributed by atoms with van der Waals surface area (Å²) in [6.45, 7) is 4.40. The summed E-state index contributed by atoms with van der Waals surface area (Å²) in [6.07, 6.45) is 5.32. The van der Waals surface area contributed by atoms with E-state index in [9.17, 15) is 0 Å². The zero-order valence-electron chi connectivity index (χ0n) is 10.1. The molecule has 1 aliphatic carbocycles. The molecule has 16 heavy (non-hydrogen) atoms. The van der Waals surface area contributed by atoms with Crippen LogP contribution in [0.3, 0.4) is 0 Å². The van der Waals surface area contributed by atoms with Gasteiger partial charge in [0, 0.05) is 6.04 Å². The Labute approximate surface area is 103 Å². The Morgan fingerprint density at radius 2 is 2.00 bits per heavy atom. The van der Waals surface area contributed by atoms with E-state index < -0.39 is 0 Å². The summed E-state index contributed by atoms with van der Waals surface area (Å²) in [5, 5.41) is 4.44. The molecule has 0 spiro atoms. The Bertz CT molecular complexity index is 362. The summed E-state index contributed by atoms with van der Waals surface area (Å²) >= 11 is 6.23. The summed E-state index contributed by atoms with van der Waals surface area (Å²) in [4.78, 5) is 0. The minimum atomic E-state index is 0.592. The second-order valence-corrected chi connectivity index (χ2v) is 5.40. The molecule has 0 aromatic heterocycles. The van der Waals surface area contributed by atoms with Crippen molar-refractivity contribution in [2.24, 2.45) is 5.92 Å². The van der Waals surface area contributed by atoms with Crippen molar-refractivity contribution in [2.75, 3.05) is 5.32 Å². The Hall–Kier alpha value is -0.690. The lowest BCUT2D eigenvalue weighted by atomic mass is 9.86. The minimum Gasteiger partial charge on any atom is -0.381 e. The van der Waals surface area contributed by atoms with Crippen molar-refractivity contribution in [3.63, 3.8) is 0 Å². The normalized spacial score (nSPS) is 25.4. The molecule has 1 aromatic carbocycles. The third-order valence-electron chi connectivity index (χ3n) is 3.58. The summed E-state index contributed by atoms with van der Waals surface area (Å²) < 4.78 is 0. The van der Waals surface area contributed by atoms with Crippen LogP contribution in [0.1, 0.15) is 38.2 Å². The van der Waals surface area contributed by atoms with Gasteiger partial charge < -0.3 is 5.32 Å². The van der Waals surface area contributed by atoms with E-state index in [0.717, 1.165) is 16.6 Å². The van der Waals surface area contributed by atoms with E-state index >= 15 is 0 Å². The van der Waals surface area contributed by atoms with Crippen LogP contribution in [0, 0.1) is 12.8 Å². The molecule has 88 valence electrons. The van der Waals surface area contributed by atoms with Crippen molar-refractivity contribution in [3.8, 4) is 0 Å². The zero-order valence-corrected chi connectivity index (χ0v) is 10.8. The number of anilines is 1. The monoisotopic (exact) mass is 237 g/mol. The van der Waals surface area contributed by atoms with Gasteiger partial charge in [-0.1, -0.05) is 37.4 Å². The lowest BCUT2D eigenvalue weighted by molar-refractivity contribution is 0.349. The molecule has 1 aliphatic rings. The van der Waals surface area contributed by atoms with E-state index in [-0.39, 0.29) is 0 Å². The van der Waals surface area contributed by atoms with Gasteiger partial charge in [0.25, 0.3) is 0 Å². The van der Waals surface area contributed by atoms with Gasteiger partial charge in [0.15, 0.2) is 0 Å². The minimum absolute atomic E-state index is 0.592. The average molecular weight is 238 g/mol. The number of hydrogen-bond donors (Lipinski definition) is 1. The molecule has 0 radical (unpaired) electrons. The Morgan fingerprint density at radius 3 is 2.69 bits per heavy atom. The first-order chi connectivity index (χ1) is 7.66. The average Bonchev–Trinajstić information content (AvgIpc) is 2.25. The molecule has 1 N–H and O–H groups in total. The van der Waals surface area contributed by atoms with Gasteiger partial charge >= 0.3 is 0 Å². The molecule has 2 heteroatoms. The van der Waals surface area contributed by atoms with Crippen LogP contribution in [-0.4, -0.2) is 6.04 Å². The molecule has 0 amide bonds. The van der Waals surface area contributed by atoms with Gasteiger partial charge in [-0.2, -0.15) is 0 Å². The summed E-state index contributed by atoms with van der Waals surface area (Å²) in [6, 6.07) is 6.83. The van der Waals surface area contributed by atoms with Crippen LogP contribution in [0.4, 0.5) is 5.69 Å². The lowest BCUT2D eigenvalue weighted by Crippen LogP contribution is -2.30. The van der Waals surface area contributed by atoms with Crippen molar-refractivity contribution >= 4 is 17.3 Å². The Balaban J connectivity index is 2.07. The van der Waals surface area contributed by atoms with E-state index in [1.807, 2.05) is 6.07 Å². The molecule has 2 atom stereocenters. The molecular formula is C14H20ClN. The van der Waals surface area contributed by atoms with Gasteiger partial charge in [-0.15, -0.1) is 0 Å². The van der Waals surface area contributed by atoms with E-state index in [4.69, 9.17) is 11.6 Å². The summed E-state index contributed by atoms with van der Waals surface area (Å²) in [7, 11) is 0. The Morgan fingerprint density at radius 1 is 1.25 bits per heavy atom. The maximum atomic E-state index is 6.23. The van der Waals surface area contributed by atoms with Gasteiger partial charge in [0.2, 0.25) is 0 Å². The van der Waals surface area contributed by atoms with Gasteiger partial charge in [0.1, 0.15) is 0 Å². The van der Waals surface area contributed by atoms with Crippen LogP contribution < -0.4 is 5.32 Å². The SMILES string of the molecule is Cc1ccc(NC2CCCCC2C)c(Cl)c1. The second-order valence-electron chi connectivity index (χ2n) is 5.00. The molecule has 2 unspecified atom stereocenters. The molecule has 1 aromatic rings. The van der Waals surface area contributed by atoms with Crippen molar-refractivity contribution in [2.45, 2.75) is 45.6 Å². The van der Waals surface area contributed by atoms with Gasteiger partial charge in [0.05, 0.1) is 10.7 Å². The van der Waals surface area contributed by atoms with E-state index in [2.05, 4.69) is 31.3 Å². The highest BCUT2D eigenvalue weighted by Gasteiger charge is 2.21. The molecule has 0 aliphatic heterocycles. The van der Waals surface area contributed by atoms with Crippen molar-refractivity contribution in [1.29, 1.82) is 0 Å². The molecule has 1 fully saturated rings. The van der Waals surface area contributed by atoms with Crippen molar-refractivity contribution < 1.29 is 0 Å². The highest BCUT2D eigenvalue weighted by Crippen LogP contribution is 2.30. The van der Waals surface area contributed by atoms with Crippen LogP contribution in [0.2, 0.25) is 5.02 Å². The number of halogens is 1. The maximum absolute atomic E-state index is 6.23. The topological polar surface area (TPSA) is 12.0 Å². The van der Waals surface area contributed by atoms with Crippen LogP contribution in [-0.2, 0) is 0 Å². The first kappa shape index (κ1) is 11.8. The van der Waals surface area contributed by atoms with Gasteiger partial charge in [-0.3, -0.25) is 0 Å². The molecule has 1 saturated carbocycles. The fourth-order valence-corrected chi connectivity index (χ4v) is 2.76. The lowest BCUT2D eigenvalue weighted by Gasteiger charge is -2.30. The molecule has 0 heterocycles. The van der Waals surface area contributed by atoms with E-state index in [0.29, 0.717) is 6.04 Å². The fourth-order valence-electron chi connectivity index (χ4n) is 2.47. The first-order valence-electron chi connectivity index (χ1n) is 6.19. The first-order valence-corrected chi connectivity index (χ1v) is 6.57. The number of nitrogens with one attached hydrogen (secondary N) is 1. The van der Waals surface area contributed by atoms with Crippen molar-refractivity contribution in [1.82, 2.24) is 0 Å². The smallest absolute Gasteiger partial charge is 0.0640 e.